The zero-order chi connectivity index (χ0) is 24.8. The van der Waals surface area contributed by atoms with Crippen LogP contribution < -0.4 is 5.32 Å². The number of hydrogen-bond acceptors (Lipinski definition) is 4. The predicted molar refractivity (Wildman–Crippen MR) is 126 cm³/mol. The number of amides is 2. The van der Waals surface area contributed by atoms with E-state index in [1.165, 1.54) is 29.2 Å². The standard InChI is InChI=1S/C27H25FN2O5/c28-22-12-10-18(11-13-22)14-23(26(32)33)29-25(31)24-15-20-8-4-5-9-21(20)16-30(24)27(34)35-17-19-6-2-1-3-7-19/h1-13,23-24H,14-17H2,(H,29,31)(H,32,33)/t23-,24-/m0/s1. The van der Waals surface area contributed by atoms with Crippen molar-refractivity contribution in [1.29, 1.82) is 0 Å². The molecule has 0 unspecified atom stereocenters. The number of carbonyl (C=O) groups is 3. The molecular formula is C27H25FN2O5. The molecule has 1 heterocycles. The topological polar surface area (TPSA) is 95.9 Å². The molecular weight excluding hydrogens is 451 g/mol. The zero-order valence-corrected chi connectivity index (χ0v) is 18.9. The Hall–Kier alpha value is -4.20. The minimum absolute atomic E-state index is 0.0247. The van der Waals surface area contributed by atoms with E-state index in [1.54, 1.807) is 0 Å². The minimum Gasteiger partial charge on any atom is -0.480 e. The van der Waals surface area contributed by atoms with Crippen molar-refractivity contribution in [1.82, 2.24) is 10.2 Å². The van der Waals surface area contributed by atoms with Crippen LogP contribution in [-0.4, -0.2) is 40.1 Å². The van der Waals surface area contributed by atoms with Crippen LogP contribution in [-0.2, 0) is 40.3 Å². The number of carbonyl (C=O) groups excluding carboxylic acids is 2. The number of carboxylic acid groups (broad SMARTS) is 1. The maximum atomic E-state index is 13.3. The van der Waals surface area contributed by atoms with Crippen LogP contribution in [0.4, 0.5) is 9.18 Å². The first kappa shape index (κ1) is 23.9. The second-order valence-corrected chi connectivity index (χ2v) is 8.39. The molecule has 3 aromatic carbocycles. The number of benzene rings is 3. The molecule has 0 aromatic heterocycles. The van der Waals surface area contributed by atoms with Crippen molar-refractivity contribution in [2.75, 3.05) is 0 Å². The van der Waals surface area contributed by atoms with E-state index in [9.17, 15) is 23.9 Å². The van der Waals surface area contributed by atoms with Crippen LogP contribution in [0.15, 0.2) is 78.9 Å². The zero-order valence-electron chi connectivity index (χ0n) is 18.9. The highest BCUT2D eigenvalue weighted by molar-refractivity contribution is 5.90. The first-order valence-corrected chi connectivity index (χ1v) is 11.2. The van der Waals surface area contributed by atoms with Gasteiger partial charge in [-0.15, -0.1) is 0 Å². The van der Waals surface area contributed by atoms with E-state index in [0.717, 1.165) is 16.7 Å². The summed E-state index contributed by atoms with van der Waals surface area (Å²) in [4.78, 5) is 39.5. The van der Waals surface area contributed by atoms with Crippen LogP contribution in [0.5, 0.6) is 0 Å². The van der Waals surface area contributed by atoms with Crippen molar-refractivity contribution in [2.24, 2.45) is 0 Å². The minimum atomic E-state index is -1.24. The summed E-state index contributed by atoms with van der Waals surface area (Å²) in [5, 5.41) is 12.2. The molecule has 8 heteroatoms. The average Bonchev–Trinajstić information content (AvgIpc) is 2.87. The smallest absolute Gasteiger partial charge is 0.411 e. The monoisotopic (exact) mass is 476 g/mol. The number of nitrogens with zero attached hydrogens (tertiary/aromatic N) is 1. The van der Waals surface area contributed by atoms with Gasteiger partial charge in [-0.2, -0.15) is 0 Å². The average molecular weight is 477 g/mol. The van der Waals surface area contributed by atoms with Crippen molar-refractivity contribution < 1.29 is 28.6 Å². The van der Waals surface area contributed by atoms with Crippen LogP contribution in [0.1, 0.15) is 22.3 Å². The molecule has 1 aliphatic heterocycles. The number of fused-ring (bicyclic) bond motifs is 1. The summed E-state index contributed by atoms with van der Waals surface area (Å²) >= 11 is 0. The summed E-state index contributed by atoms with van der Waals surface area (Å²) in [6, 6.07) is 19.9. The van der Waals surface area contributed by atoms with Crippen molar-refractivity contribution in [3.05, 3.63) is 107 Å². The van der Waals surface area contributed by atoms with Crippen LogP contribution in [0.3, 0.4) is 0 Å². The van der Waals surface area contributed by atoms with Crippen molar-refractivity contribution in [3.8, 4) is 0 Å². The molecule has 0 saturated heterocycles. The summed E-state index contributed by atoms with van der Waals surface area (Å²) in [7, 11) is 0. The lowest BCUT2D eigenvalue weighted by Gasteiger charge is -2.35. The molecule has 0 bridgehead atoms. The fourth-order valence-electron chi connectivity index (χ4n) is 4.08. The summed E-state index contributed by atoms with van der Waals surface area (Å²) in [6.45, 7) is 0.214. The van der Waals surface area contributed by atoms with Crippen LogP contribution >= 0.6 is 0 Å². The van der Waals surface area contributed by atoms with Crippen LogP contribution in [0.2, 0.25) is 0 Å². The van der Waals surface area contributed by atoms with Crippen LogP contribution in [0, 0.1) is 5.82 Å². The summed E-state index contributed by atoms with van der Waals surface area (Å²) in [5.41, 5.74) is 3.18. The number of hydrogen-bond donors (Lipinski definition) is 2. The van der Waals surface area contributed by atoms with Gasteiger partial charge in [-0.3, -0.25) is 9.69 Å². The van der Waals surface area contributed by atoms with Gasteiger partial charge in [0.15, 0.2) is 0 Å². The van der Waals surface area contributed by atoms with Gasteiger partial charge in [0.1, 0.15) is 24.5 Å². The molecule has 2 atom stereocenters. The maximum Gasteiger partial charge on any atom is 0.411 e. The second kappa shape index (κ2) is 10.8. The molecule has 0 saturated carbocycles. The Morgan fingerprint density at radius 1 is 0.943 bits per heavy atom. The third-order valence-corrected chi connectivity index (χ3v) is 5.96. The highest BCUT2D eigenvalue weighted by atomic mass is 19.1. The quantitative estimate of drug-likeness (QED) is 0.542. The molecule has 0 aliphatic carbocycles. The lowest BCUT2D eigenvalue weighted by molar-refractivity contribution is -0.142. The van der Waals surface area contributed by atoms with Gasteiger partial charge in [0.2, 0.25) is 5.91 Å². The molecule has 4 rings (SSSR count). The Balaban J connectivity index is 1.51. The molecule has 2 amide bonds. The van der Waals surface area contributed by atoms with Crippen LogP contribution in [0.25, 0.3) is 0 Å². The van der Waals surface area contributed by atoms with Gasteiger partial charge in [-0.05, 0) is 34.4 Å². The number of nitrogens with one attached hydrogen (secondary N) is 1. The van der Waals surface area contributed by atoms with Gasteiger partial charge in [-0.25, -0.2) is 14.0 Å². The summed E-state index contributed by atoms with van der Waals surface area (Å²) in [6.07, 6.45) is -0.456. The molecule has 0 radical (unpaired) electrons. The van der Waals surface area contributed by atoms with E-state index in [4.69, 9.17) is 4.74 Å². The largest absolute Gasteiger partial charge is 0.480 e. The van der Waals surface area contributed by atoms with Gasteiger partial charge in [0, 0.05) is 12.8 Å². The molecule has 1 aliphatic rings. The summed E-state index contributed by atoms with van der Waals surface area (Å²) in [5.74, 6) is -2.25. The maximum absolute atomic E-state index is 13.3. The Morgan fingerprint density at radius 3 is 2.29 bits per heavy atom. The highest BCUT2D eigenvalue weighted by Crippen LogP contribution is 2.25. The Bertz CT molecular complexity index is 1200. The van der Waals surface area contributed by atoms with Crippen molar-refractivity contribution >= 4 is 18.0 Å². The SMILES string of the molecule is O=C(O)[C@H](Cc1ccc(F)cc1)NC(=O)[C@@H]1Cc2ccccc2CN1C(=O)OCc1ccccc1. The molecule has 0 spiro atoms. The van der Waals surface area contributed by atoms with Gasteiger partial charge in [-0.1, -0.05) is 66.7 Å². The number of rotatable bonds is 7. The molecule has 3 aromatic rings. The first-order valence-electron chi connectivity index (χ1n) is 11.2. The second-order valence-electron chi connectivity index (χ2n) is 8.39. The lowest BCUT2D eigenvalue weighted by atomic mass is 9.93. The van der Waals surface area contributed by atoms with E-state index < -0.39 is 35.9 Å². The molecule has 7 nitrogen and oxygen atoms in total. The van der Waals surface area contributed by atoms with Gasteiger partial charge < -0.3 is 15.2 Å². The third kappa shape index (κ3) is 6.03. The number of carboxylic acids is 1. The van der Waals surface area contributed by atoms with E-state index in [2.05, 4.69) is 5.32 Å². The molecule has 35 heavy (non-hydrogen) atoms. The molecule has 2 N–H and O–H groups in total. The number of ether oxygens (including phenoxy) is 1. The normalized spacial score (nSPS) is 15.6. The fraction of sp³-hybridized carbons (Fsp3) is 0.222. The van der Waals surface area contributed by atoms with Gasteiger partial charge >= 0.3 is 12.1 Å². The first-order chi connectivity index (χ1) is 16.9. The third-order valence-electron chi connectivity index (χ3n) is 5.96. The van der Waals surface area contributed by atoms with E-state index >= 15 is 0 Å². The number of halogens is 1. The highest BCUT2D eigenvalue weighted by Gasteiger charge is 2.37. The molecule has 180 valence electrons. The fourth-order valence-corrected chi connectivity index (χ4v) is 4.08. The lowest BCUT2D eigenvalue weighted by Crippen LogP contribution is -2.56. The number of aliphatic carboxylic acids is 1. The van der Waals surface area contributed by atoms with Crippen molar-refractivity contribution in [3.63, 3.8) is 0 Å². The Kier molecular flexibility index (Phi) is 7.40. The van der Waals surface area contributed by atoms with Gasteiger partial charge in [0.25, 0.3) is 0 Å². The predicted octanol–water partition coefficient (Wildman–Crippen LogP) is 3.70. The Morgan fingerprint density at radius 2 is 1.60 bits per heavy atom. The Labute approximate surface area is 202 Å². The summed E-state index contributed by atoms with van der Waals surface area (Å²) < 4.78 is 18.7. The molecule has 0 fully saturated rings. The van der Waals surface area contributed by atoms with E-state index in [-0.39, 0.29) is 26.0 Å². The van der Waals surface area contributed by atoms with E-state index in [1.807, 2.05) is 54.6 Å². The van der Waals surface area contributed by atoms with Crippen molar-refractivity contribution in [2.45, 2.75) is 38.1 Å². The van der Waals surface area contributed by atoms with E-state index in [0.29, 0.717) is 5.56 Å². The van der Waals surface area contributed by atoms with Gasteiger partial charge in [0.05, 0.1) is 6.54 Å².